The lowest BCUT2D eigenvalue weighted by molar-refractivity contribution is 0.555. The van der Waals surface area contributed by atoms with E-state index in [2.05, 4.69) is 9.97 Å². The Balaban J connectivity index is 1.67. The molecule has 3 nitrogen and oxygen atoms in total. The summed E-state index contributed by atoms with van der Waals surface area (Å²) in [6.07, 6.45) is 2.72. The van der Waals surface area contributed by atoms with E-state index in [4.69, 9.17) is 11.6 Å². The van der Waals surface area contributed by atoms with Crippen LogP contribution in [0.1, 0.15) is 35.7 Å². The topological polar surface area (TPSA) is 29.0 Å². The summed E-state index contributed by atoms with van der Waals surface area (Å²) in [4.78, 5) is 10.9. The van der Waals surface area contributed by atoms with E-state index in [1.807, 2.05) is 4.90 Å². The van der Waals surface area contributed by atoms with Crippen molar-refractivity contribution < 1.29 is 8.78 Å². The van der Waals surface area contributed by atoms with Gasteiger partial charge in [0.1, 0.15) is 28.4 Å². The molecule has 1 aliphatic heterocycles. The molecule has 1 saturated carbocycles. The highest BCUT2D eigenvalue weighted by Gasteiger charge is 2.28. The minimum atomic E-state index is -0.544. The summed E-state index contributed by atoms with van der Waals surface area (Å²) in [5.41, 5.74) is 1.27. The van der Waals surface area contributed by atoms with E-state index in [9.17, 15) is 8.78 Å². The van der Waals surface area contributed by atoms with Crippen molar-refractivity contribution in [3.05, 3.63) is 51.9 Å². The number of anilines is 1. The van der Waals surface area contributed by atoms with Crippen LogP contribution in [0.5, 0.6) is 0 Å². The van der Waals surface area contributed by atoms with Crippen LogP contribution in [-0.4, -0.2) is 16.5 Å². The Labute approximate surface area is 131 Å². The number of aromatic nitrogens is 2. The molecule has 1 aromatic heterocycles. The van der Waals surface area contributed by atoms with Gasteiger partial charge in [0.05, 0.1) is 0 Å². The Morgan fingerprint density at radius 2 is 1.95 bits per heavy atom. The Morgan fingerprint density at radius 1 is 1.14 bits per heavy atom. The maximum Gasteiger partial charge on any atom is 0.135 e. The smallest absolute Gasteiger partial charge is 0.135 e. The van der Waals surface area contributed by atoms with Gasteiger partial charge < -0.3 is 4.90 Å². The zero-order valence-corrected chi connectivity index (χ0v) is 12.6. The Morgan fingerprint density at radius 3 is 2.73 bits per heavy atom. The van der Waals surface area contributed by atoms with E-state index >= 15 is 0 Å². The van der Waals surface area contributed by atoms with Crippen LogP contribution >= 0.6 is 11.6 Å². The predicted molar refractivity (Wildman–Crippen MR) is 80.1 cm³/mol. The SMILES string of the molecule is Fc1cc(F)c2c(c1)CN(c1cc(Cl)nc(C3CC3)n1)CC2. The third-order valence-corrected chi connectivity index (χ3v) is 4.40. The largest absolute Gasteiger partial charge is 0.352 e. The highest BCUT2D eigenvalue weighted by atomic mass is 35.5. The molecule has 0 amide bonds. The first-order valence-corrected chi connectivity index (χ1v) is 7.74. The van der Waals surface area contributed by atoms with E-state index < -0.39 is 11.6 Å². The second-order valence-corrected chi connectivity index (χ2v) is 6.27. The minimum absolute atomic E-state index is 0.407. The summed E-state index contributed by atoms with van der Waals surface area (Å²) >= 11 is 6.09. The number of halogens is 3. The third kappa shape index (κ3) is 2.54. The van der Waals surface area contributed by atoms with Crippen molar-refractivity contribution >= 4 is 17.4 Å². The molecule has 0 spiro atoms. The number of benzene rings is 1. The molecule has 22 heavy (non-hydrogen) atoms. The van der Waals surface area contributed by atoms with Gasteiger partial charge in [-0.2, -0.15) is 0 Å². The molecule has 2 aliphatic rings. The fourth-order valence-electron chi connectivity index (χ4n) is 2.91. The van der Waals surface area contributed by atoms with Crippen LogP contribution in [-0.2, 0) is 13.0 Å². The highest BCUT2D eigenvalue weighted by Crippen LogP contribution is 2.39. The standard InChI is InChI=1S/C16H14ClF2N3/c17-14-7-15(21-16(20-14)9-1-2-9)22-4-3-12-10(8-22)5-11(18)6-13(12)19/h5-7,9H,1-4,8H2. The molecule has 1 aliphatic carbocycles. The zero-order chi connectivity index (χ0) is 15.3. The first kappa shape index (κ1) is 13.9. The van der Waals surface area contributed by atoms with Gasteiger partial charge >= 0.3 is 0 Å². The van der Waals surface area contributed by atoms with Gasteiger partial charge in [-0.25, -0.2) is 18.7 Å². The van der Waals surface area contributed by atoms with Gasteiger partial charge in [0.2, 0.25) is 0 Å². The Kier molecular flexibility index (Phi) is 3.26. The van der Waals surface area contributed by atoms with Crippen molar-refractivity contribution in [2.24, 2.45) is 0 Å². The van der Waals surface area contributed by atoms with Crippen LogP contribution < -0.4 is 4.90 Å². The molecule has 114 valence electrons. The summed E-state index contributed by atoms with van der Waals surface area (Å²) in [6, 6.07) is 4.06. The van der Waals surface area contributed by atoms with E-state index in [1.165, 1.54) is 6.07 Å². The summed E-state index contributed by atoms with van der Waals surface area (Å²) < 4.78 is 27.2. The molecule has 0 unspecified atom stereocenters. The molecule has 0 saturated heterocycles. The quantitative estimate of drug-likeness (QED) is 0.787. The van der Waals surface area contributed by atoms with Crippen molar-refractivity contribution in [1.82, 2.24) is 9.97 Å². The number of rotatable bonds is 2. The molecule has 6 heteroatoms. The number of nitrogens with zero attached hydrogens (tertiary/aromatic N) is 3. The van der Waals surface area contributed by atoms with Crippen molar-refractivity contribution in [3.8, 4) is 0 Å². The Hall–Kier alpha value is -1.75. The maximum atomic E-state index is 13.8. The van der Waals surface area contributed by atoms with Crippen molar-refractivity contribution in [2.75, 3.05) is 11.4 Å². The first-order valence-electron chi connectivity index (χ1n) is 7.36. The second-order valence-electron chi connectivity index (χ2n) is 5.88. The van der Waals surface area contributed by atoms with Gasteiger partial charge in [0.25, 0.3) is 0 Å². The molecule has 0 radical (unpaired) electrons. The zero-order valence-electron chi connectivity index (χ0n) is 11.8. The molecule has 0 atom stereocenters. The van der Waals surface area contributed by atoms with Gasteiger partial charge in [-0.15, -0.1) is 0 Å². The van der Waals surface area contributed by atoms with Crippen molar-refractivity contribution in [1.29, 1.82) is 0 Å². The summed E-state index contributed by atoms with van der Waals surface area (Å²) in [7, 11) is 0. The molecule has 1 fully saturated rings. The van der Waals surface area contributed by atoms with Crippen LogP contribution in [0, 0.1) is 11.6 Å². The lowest BCUT2D eigenvalue weighted by Crippen LogP contribution is -2.32. The maximum absolute atomic E-state index is 13.8. The molecular weight excluding hydrogens is 308 g/mol. The molecule has 2 aromatic rings. The molecule has 4 rings (SSSR count). The summed E-state index contributed by atoms with van der Waals surface area (Å²) in [6.45, 7) is 1.06. The number of fused-ring (bicyclic) bond motifs is 1. The van der Waals surface area contributed by atoms with Crippen LogP contribution in [0.3, 0.4) is 0 Å². The van der Waals surface area contributed by atoms with Gasteiger partial charge in [-0.3, -0.25) is 0 Å². The number of hydrogen-bond donors (Lipinski definition) is 0. The first-order chi connectivity index (χ1) is 10.6. The normalized spacial score (nSPS) is 17.5. The summed E-state index contributed by atoms with van der Waals surface area (Å²) in [5.74, 6) is 0.909. The van der Waals surface area contributed by atoms with Crippen LogP contribution in [0.4, 0.5) is 14.6 Å². The monoisotopic (exact) mass is 321 g/mol. The van der Waals surface area contributed by atoms with Gasteiger partial charge in [0.15, 0.2) is 0 Å². The fourth-order valence-corrected chi connectivity index (χ4v) is 3.10. The molecule has 2 heterocycles. The van der Waals surface area contributed by atoms with Crippen LogP contribution in [0.15, 0.2) is 18.2 Å². The fraction of sp³-hybridized carbons (Fsp3) is 0.375. The average Bonchev–Trinajstić information content (AvgIpc) is 3.30. The van der Waals surface area contributed by atoms with E-state index in [1.54, 1.807) is 6.07 Å². The molecule has 0 N–H and O–H groups in total. The minimum Gasteiger partial charge on any atom is -0.352 e. The Bertz CT molecular complexity index is 746. The molecule has 0 bridgehead atoms. The average molecular weight is 322 g/mol. The van der Waals surface area contributed by atoms with Gasteiger partial charge in [-0.05, 0) is 36.5 Å². The third-order valence-electron chi connectivity index (χ3n) is 4.21. The lowest BCUT2D eigenvalue weighted by atomic mass is 9.99. The van der Waals surface area contributed by atoms with E-state index in [0.717, 1.165) is 30.6 Å². The van der Waals surface area contributed by atoms with Crippen molar-refractivity contribution in [3.63, 3.8) is 0 Å². The number of hydrogen-bond acceptors (Lipinski definition) is 3. The van der Waals surface area contributed by atoms with Crippen LogP contribution in [0.25, 0.3) is 0 Å². The lowest BCUT2D eigenvalue weighted by Gasteiger charge is -2.30. The molecular formula is C16H14ClF2N3. The van der Waals surface area contributed by atoms with Crippen LogP contribution in [0.2, 0.25) is 5.15 Å². The molecule has 1 aromatic carbocycles. The van der Waals surface area contributed by atoms with E-state index in [-0.39, 0.29) is 0 Å². The summed E-state index contributed by atoms with van der Waals surface area (Å²) in [5, 5.41) is 0.420. The second kappa shape index (κ2) is 5.16. The van der Waals surface area contributed by atoms with Crippen molar-refractivity contribution in [2.45, 2.75) is 31.7 Å². The highest BCUT2D eigenvalue weighted by molar-refractivity contribution is 6.29. The van der Waals surface area contributed by atoms with E-state index in [0.29, 0.717) is 41.7 Å². The predicted octanol–water partition coefficient (Wildman–Crippen LogP) is 3.85. The van der Waals surface area contributed by atoms with Gasteiger partial charge in [-0.1, -0.05) is 11.6 Å². The van der Waals surface area contributed by atoms with Gasteiger partial charge in [0, 0.05) is 31.1 Å².